The van der Waals surface area contributed by atoms with E-state index in [1.807, 2.05) is 0 Å². The lowest BCUT2D eigenvalue weighted by molar-refractivity contribution is 1.31. The normalized spacial score (nSPS) is 12.2. The van der Waals surface area contributed by atoms with Crippen LogP contribution >= 0.6 is 0 Å². The minimum atomic E-state index is 0.947. The Kier molecular flexibility index (Phi) is 4.45. The van der Waals surface area contributed by atoms with Crippen LogP contribution in [0.1, 0.15) is 0 Å². The zero-order valence-electron chi connectivity index (χ0n) is 23.1. The van der Waals surface area contributed by atoms with Crippen molar-refractivity contribution in [2.24, 2.45) is 0 Å². The van der Waals surface area contributed by atoms with Gasteiger partial charge in [-0.1, -0.05) is 97.1 Å². The predicted molar refractivity (Wildman–Crippen MR) is 180 cm³/mol. The molecule has 0 radical (unpaired) electrons. The maximum absolute atomic E-state index is 4.72. The van der Waals surface area contributed by atoms with Crippen molar-refractivity contribution in [2.75, 3.05) is 0 Å². The van der Waals surface area contributed by atoms with E-state index in [1.165, 1.54) is 71.1 Å². The van der Waals surface area contributed by atoms with Gasteiger partial charge < -0.3 is 4.40 Å². The molecule has 0 fully saturated rings. The van der Waals surface area contributed by atoms with Crippen molar-refractivity contribution in [3.8, 4) is 22.3 Å². The van der Waals surface area contributed by atoms with E-state index in [2.05, 4.69) is 137 Å². The van der Waals surface area contributed by atoms with Crippen LogP contribution < -0.4 is 0 Å². The highest BCUT2D eigenvalue weighted by molar-refractivity contribution is 6.24. The van der Waals surface area contributed by atoms with Gasteiger partial charge in [-0.05, 0) is 63.4 Å². The molecule has 0 saturated carbocycles. The highest BCUT2D eigenvalue weighted by atomic mass is 14.9. The molecule has 0 saturated heterocycles. The number of benzene rings is 7. The minimum absolute atomic E-state index is 0.947. The van der Waals surface area contributed by atoms with E-state index >= 15 is 0 Å². The summed E-state index contributed by atoms with van der Waals surface area (Å²) in [5.74, 6) is 0. The average molecular weight is 546 g/mol. The van der Waals surface area contributed by atoms with E-state index in [0.29, 0.717) is 0 Å². The van der Waals surface area contributed by atoms with Crippen LogP contribution in [0.25, 0.3) is 92.9 Å². The van der Waals surface area contributed by atoms with Crippen LogP contribution in [0.15, 0.2) is 140 Å². The van der Waals surface area contributed by atoms with Gasteiger partial charge in [-0.15, -0.1) is 0 Å². The van der Waals surface area contributed by atoms with Crippen molar-refractivity contribution in [1.82, 2.24) is 14.4 Å². The Morgan fingerprint density at radius 3 is 1.67 bits per heavy atom. The summed E-state index contributed by atoms with van der Waals surface area (Å²) in [6.07, 6.45) is 3.56. The van der Waals surface area contributed by atoms with Gasteiger partial charge in [0.05, 0.1) is 27.6 Å². The zero-order valence-corrected chi connectivity index (χ0v) is 23.1. The summed E-state index contributed by atoms with van der Waals surface area (Å²) in [4.78, 5) is 9.40. The van der Waals surface area contributed by atoms with Crippen LogP contribution in [-0.2, 0) is 0 Å². The summed E-state index contributed by atoms with van der Waals surface area (Å²) >= 11 is 0. The molecule has 10 rings (SSSR count). The molecule has 0 bridgehead atoms. The number of hydrogen-bond donors (Lipinski definition) is 0. The molecule has 3 nitrogen and oxygen atoms in total. The molecule has 0 aliphatic carbocycles. The van der Waals surface area contributed by atoms with Crippen molar-refractivity contribution in [1.29, 1.82) is 0 Å². The third kappa shape index (κ3) is 3.08. The monoisotopic (exact) mass is 545 g/mol. The summed E-state index contributed by atoms with van der Waals surface area (Å²) in [6, 6.07) is 46.5. The number of nitrogens with zero attached hydrogens (tertiary/aromatic N) is 3. The summed E-state index contributed by atoms with van der Waals surface area (Å²) in [6.45, 7) is 0. The van der Waals surface area contributed by atoms with Gasteiger partial charge in [-0.25, -0.2) is 0 Å². The second-order valence-electron chi connectivity index (χ2n) is 11.4. The molecule has 10 aromatic rings. The van der Waals surface area contributed by atoms with E-state index in [1.54, 1.807) is 12.4 Å². The Labute approximate surface area is 246 Å². The molecule has 0 aliphatic rings. The fourth-order valence-electron chi connectivity index (χ4n) is 7.30. The Balaban J connectivity index is 1.16. The largest absolute Gasteiger partial charge is 0.308 e. The fraction of sp³-hybridized carbons (Fsp3) is 0. The van der Waals surface area contributed by atoms with Gasteiger partial charge in [0.1, 0.15) is 0 Å². The van der Waals surface area contributed by atoms with Gasteiger partial charge in [0.15, 0.2) is 0 Å². The smallest absolute Gasteiger partial charge is 0.0971 e. The van der Waals surface area contributed by atoms with E-state index in [0.717, 1.165) is 21.8 Å². The van der Waals surface area contributed by atoms with E-state index in [9.17, 15) is 0 Å². The molecule has 3 aromatic heterocycles. The lowest BCUT2D eigenvalue weighted by Gasteiger charge is -2.11. The fourth-order valence-corrected chi connectivity index (χ4v) is 7.30. The maximum atomic E-state index is 4.72. The first-order valence-electron chi connectivity index (χ1n) is 14.7. The van der Waals surface area contributed by atoms with E-state index in [4.69, 9.17) is 4.98 Å². The highest BCUT2D eigenvalue weighted by Gasteiger charge is 2.17. The summed E-state index contributed by atoms with van der Waals surface area (Å²) in [7, 11) is 0. The molecule has 0 amide bonds. The van der Waals surface area contributed by atoms with Crippen LogP contribution in [0.3, 0.4) is 0 Å². The number of aromatic nitrogens is 3. The molecule has 3 heteroatoms. The number of rotatable bonds is 2. The quantitative estimate of drug-likeness (QED) is 0.202. The van der Waals surface area contributed by atoms with E-state index < -0.39 is 0 Å². The van der Waals surface area contributed by atoms with Gasteiger partial charge in [-0.3, -0.25) is 9.97 Å². The Morgan fingerprint density at radius 2 is 0.884 bits per heavy atom. The topological polar surface area (TPSA) is 30.2 Å². The zero-order chi connectivity index (χ0) is 28.1. The summed E-state index contributed by atoms with van der Waals surface area (Å²) in [5.41, 5.74) is 10.5. The first-order valence-corrected chi connectivity index (χ1v) is 14.7. The SMILES string of the molecule is c1cc(-c2ccc3c(c2)c2ccccc2c2nccnc32)cc(-c2ccc3c(c2)c2cccc4c5ccccc5n3c42)c1. The van der Waals surface area contributed by atoms with Crippen LogP contribution in [-0.4, -0.2) is 14.4 Å². The molecule has 0 aliphatic heterocycles. The number of hydrogen-bond acceptors (Lipinski definition) is 2. The molecule has 0 N–H and O–H groups in total. The van der Waals surface area contributed by atoms with Crippen molar-refractivity contribution in [3.05, 3.63) is 140 Å². The molecular formula is C40H23N3. The number of fused-ring (bicyclic) bond motifs is 12. The third-order valence-electron chi connectivity index (χ3n) is 9.20. The first kappa shape index (κ1) is 22.8. The highest BCUT2D eigenvalue weighted by Crippen LogP contribution is 2.41. The van der Waals surface area contributed by atoms with Gasteiger partial charge in [0.25, 0.3) is 0 Å². The van der Waals surface area contributed by atoms with Crippen molar-refractivity contribution in [3.63, 3.8) is 0 Å². The molecule has 7 aromatic carbocycles. The van der Waals surface area contributed by atoms with Gasteiger partial charge in [0.2, 0.25) is 0 Å². The second kappa shape index (κ2) is 8.37. The maximum Gasteiger partial charge on any atom is 0.0971 e. The van der Waals surface area contributed by atoms with Crippen LogP contribution in [0, 0.1) is 0 Å². The van der Waals surface area contributed by atoms with Crippen LogP contribution in [0.2, 0.25) is 0 Å². The lowest BCUT2D eigenvalue weighted by Crippen LogP contribution is -1.89. The second-order valence-corrected chi connectivity index (χ2v) is 11.4. The van der Waals surface area contributed by atoms with Crippen molar-refractivity contribution in [2.45, 2.75) is 0 Å². The van der Waals surface area contributed by atoms with Crippen LogP contribution in [0.4, 0.5) is 0 Å². The molecule has 43 heavy (non-hydrogen) atoms. The molecule has 0 spiro atoms. The van der Waals surface area contributed by atoms with Gasteiger partial charge >= 0.3 is 0 Å². The lowest BCUT2D eigenvalue weighted by atomic mass is 9.94. The number of para-hydroxylation sites is 2. The summed E-state index contributed by atoms with van der Waals surface area (Å²) < 4.78 is 2.43. The van der Waals surface area contributed by atoms with Crippen LogP contribution in [0.5, 0.6) is 0 Å². The minimum Gasteiger partial charge on any atom is -0.308 e. The Morgan fingerprint density at radius 1 is 0.349 bits per heavy atom. The van der Waals surface area contributed by atoms with Crippen molar-refractivity contribution >= 4 is 70.7 Å². The molecule has 0 atom stereocenters. The van der Waals surface area contributed by atoms with Gasteiger partial charge in [-0.2, -0.15) is 0 Å². The van der Waals surface area contributed by atoms with E-state index in [-0.39, 0.29) is 0 Å². The van der Waals surface area contributed by atoms with Crippen molar-refractivity contribution < 1.29 is 0 Å². The first-order chi connectivity index (χ1) is 21.3. The standard InChI is InChI=1S/C40H23N3/c1-2-11-30-28(9-1)34-22-26(15-17-31(34)39-38(30)41-19-20-42-39)24-7-5-8-25(21-24)27-16-18-37-35(23-27)33-13-6-12-32-29-10-3-4-14-36(29)43(37)40(32)33/h1-23H. The summed E-state index contributed by atoms with van der Waals surface area (Å²) in [5, 5.41) is 9.89. The molecular weight excluding hydrogens is 522 g/mol. The van der Waals surface area contributed by atoms with Gasteiger partial charge in [0, 0.05) is 44.7 Å². The third-order valence-corrected chi connectivity index (χ3v) is 9.20. The molecule has 198 valence electrons. The Hall–Kier alpha value is -5.80. The predicted octanol–water partition coefficient (Wildman–Crippen LogP) is 10.4. The Bertz CT molecular complexity index is 2700. The molecule has 3 heterocycles. The molecule has 0 unspecified atom stereocenters. The average Bonchev–Trinajstić information content (AvgIpc) is 3.60.